The highest BCUT2D eigenvalue weighted by molar-refractivity contribution is 5.38. The lowest BCUT2D eigenvalue weighted by molar-refractivity contribution is 0.00245. The minimum absolute atomic E-state index is 0.283. The third-order valence-electron chi connectivity index (χ3n) is 4.44. The van der Waals surface area contributed by atoms with Gasteiger partial charge in [-0.2, -0.15) is 0 Å². The van der Waals surface area contributed by atoms with E-state index in [1.165, 1.54) is 12.8 Å². The molecule has 6 nitrogen and oxygen atoms in total. The van der Waals surface area contributed by atoms with E-state index >= 15 is 0 Å². The molecule has 26 heavy (non-hydrogen) atoms. The number of aliphatic hydroxyl groups is 1. The molecule has 1 aromatic carbocycles. The van der Waals surface area contributed by atoms with Crippen molar-refractivity contribution in [3.8, 4) is 11.5 Å². The summed E-state index contributed by atoms with van der Waals surface area (Å²) in [5.41, 5.74) is 1.11. The largest absolute Gasteiger partial charge is 0.497 e. The summed E-state index contributed by atoms with van der Waals surface area (Å²) < 4.78 is 21.5. The molecule has 1 fully saturated rings. The Morgan fingerprint density at radius 3 is 2.50 bits per heavy atom. The molecule has 0 spiro atoms. The van der Waals surface area contributed by atoms with Gasteiger partial charge in [0, 0.05) is 25.2 Å². The molecule has 0 radical (unpaired) electrons. The Labute approximate surface area is 154 Å². The molecular weight excluding hydrogens is 334 g/mol. The third kappa shape index (κ3) is 5.49. The molecule has 2 aromatic rings. The van der Waals surface area contributed by atoms with Crippen molar-refractivity contribution in [1.29, 1.82) is 0 Å². The van der Waals surface area contributed by atoms with E-state index in [1.807, 2.05) is 30.3 Å². The highest BCUT2D eigenvalue weighted by Gasteiger charge is 2.30. The van der Waals surface area contributed by atoms with E-state index in [9.17, 15) is 5.11 Å². The van der Waals surface area contributed by atoms with E-state index in [4.69, 9.17) is 18.6 Å². The first kappa shape index (κ1) is 18.8. The summed E-state index contributed by atoms with van der Waals surface area (Å²) in [4.78, 5) is 2.30. The van der Waals surface area contributed by atoms with E-state index in [0.29, 0.717) is 19.2 Å². The van der Waals surface area contributed by atoms with E-state index in [2.05, 4.69) is 4.90 Å². The molecule has 1 aliphatic rings. The Morgan fingerprint density at radius 1 is 1.19 bits per heavy atom. The van der Waals surface area contributed by atoms with Gasteiger partial charge in [-0.15, -0.1) is 0 Å². The second-order valence-electron chi connectivity index (χ2n) is 6.63. The Bertz CT molecular complexity index is 647. The zero-order valence-electron chi connectivity index (χ0n) is 15.4. The average Bonchev–Trinajstić information content (AvgIpc) is 3.37. The lowest BCUT2D eigenvalue weighted by Crippen LogP contribution is -2.36. The van der Waals surface area contributed by atoms with Gasteiger partial charge in [0.05, 0.1) is 33.2 Å². The number of furan rings is 1. The summed E-state index contributed by atoms with van der Waals surface area (Å²) in [5, 5.41) is 10.4. The van der Waals surface area contributed by atoms with Crippen LogP contribution in [0.2, 0.25) is 0 Å². The summed E-state index contributed by atoms with van der Waals surface area (Å²) in [6.45, 7) is 1.97. The van der Waals surface area contributed by atoms with Crippen molar-refractivity contribution in [2.24, 2.45) is 0 Å². The highest BCUT2D eigenvalue weighted by Crippen LogP contribution is 2.30. The number of methoxy groups -OCH3 is 2. The topological polar surface area (TPSA) is 64.3 Å². The Hall–Kier alpha value is -2.02. The normalized spacial score (nSPS) is 15.2. The van der Waals surface area contributed by atoms with Gasteiger partial charge in [0.2, 0.25) is 0 Å². The molecule has 1 atom stereocenters. The lowest BCUT2D eigenvalue weighted by atomic mass is 10.1. The van der Waals surface area contributed by atoms with Crippen LogP contribution >= 0.6 is 0 Å². The lowest BCUT2D eigenvalue weighted by Gasteiger charge is -2.25. The molecule has 0 aliphatic heterocycles. The Kier molecular flexibility index (Phi) is 6.55. The van der Waals surface area contributed by atoms with E-state index in [1.54, 1.807) is 20.5 Å². The predicted molar refractivity (Wildman–Crippen MR) is 97.3 cm³/mol. The predicted octanol–water partition coefficient (Wildman–Crippen LogP) is 2.84. The van der Waals surface area contributed by atoms with Crippen LogP contribution in [0, 0.1) is 0 Å². The van der Waals surface area contributed by atoms with Crippen molar-refractivity contribution < 1.29 is 23.7 Å². The number of benzene rings is 1. The fraction of sp³-hybridized carbons (Fsp3) is 0.500. The quantitative estimate of drug-likeness (QED) is 0.664. The fourth-order valence-corrected chi connectivity index (χ4v) is 2.99. The summed E-state index contributed by atoms with van der Waals surface area (Å²) in [6.07, 6.45) is 3.41. The Morgan fingerprint density at radius 2 is 1.92 bits per heavy atom. The van der Waals surface area contributed by atoms with Crippen LogP contribution < -0.4 is 9.47 Å². The van der Waals surface area contributed by atoms with Gasteiger partial charge in [-0.3, -0.25) is 4.90 Å². The number of aliphatic hydroxyl groups excluding tert-OH is 1. The van der Waals surface area contributed by atoms with Gasteiger partial charge in [0.1, 0.15) is 23.9 Å². The number of hydrogen-bond donors (Lipinski definition) is 1. The van der Waals surface area contributed by atoms with E-state index in [0.717, 1.165) is 29.4 Å². The average molecular weight is 361 g/mol. The molecule has 1 aliphatic carbocycles. The third-order valence-corrected chi connectivity index (χ3v) is 4.44. The first-order valence-corrected chi connectivity index (χ1v) is 8.92. The number of ether oxygens (including phenoxy) is 3. The molecule has 1 saturated carbocycles. The first-order chi connectivity index (χ1) is 12.7. The molecule has 1 aromatic heterocycles. The maximum atomic E-state index is 10.4. The van der Waals surface area contributed by atoms with Crippen LogP contribution in [0.1, 0.15) is 24.2 Å². The van der Waals surface area contributed by atoms with Crippen LogP contribution in [0.4, 0.5) is 0 Å². The number of rotatable bonds is 11. The van der Waals surface area contributed by atoms with Gasteiger partial charge in [0.15, 0.2) is 0 Å². The van der Waals surface area contributed by atoms with Crippen LogP contribution in [-0.4, -0.2) is 49.5 Å². The van der Waals surface area contributed by atoms with E-state index in [-0.39, 0.29) is 6.61 Å². The van der Waals surface area contributed by atoms with Crippen molar-refractivity contribution >= 4 is 0 Å². The zero-order chi connectivity index (χ0) is 18.4. The first-order valence-electron chi connectivity index (χ1n) is 8.92. The molecule has 6 heteroatoms. The monoisotopic (exact) mass is 361 g/mol. The van der Waals surface area contributed by atoms with Crippen molar-refractivity contribution in [1.82, 2.24) is 4.90 Å². The van der Waals surface area contributed by atoms with Crippen LogP contribution in [-0.2, 0) is 17.9 Å². The standard InChI is InChI=1S/C20H27NO5/c1-23-19-8-15(9-20(10-19)24-2)11-21(16-5-6-16)12-17(22)13-25-14-18-4-3-7-26-18/h3-4,7-10,16-17,22H,5-6,11-14H2,1-2H3/t17-/m0/s1. The van der Waals surface area contributed by atoms with Crippen LogP contribution in [0.5, 0.6) is 11.5 Å². The summed E-state index contributed by atoms with van der Waals surface area (Å²) in [6, 6.07) is 10.1. The van der Waals surface area contributed by atoms with Gasteiger partial charge >= 0.3 is 0 Å². The second-order valence-corrected chi connectivity index (χ2v) is 6.63. The van der Waals surface area contributed by atoms with Crippen molar-refractivity contribution in [2.45, 2.75) is 38.1 Å². The maximum Gasteiger partial charge on any atom is 0.129 e. The van der Waals surface area contributed by atoms with Gasteiger partial charge in [-0.05, 0) is 42.7 Å². The summed E-state index contributed by atoms with van der Waals surface area (Å²) in [7, 11) is 3.30. The Balaban J connectivity index is 1.54. The summed E-state index contributed by atoms with van der Waals surface area (Å²) in [5.74, 6) is 2.31. The van der Waals surface area contributed by atoms with Crippen LogP contribution in [0.15, 0.2) is 41.0 Å². The molecule has 0 unspecified atom stereocenters. The van der Waals surface area contributed by atoms with Crippen molar-refractivity contribution in [3.05, 3.63) is 47.9 Å². The molecule has 1 heterocycles. The second kappa shape index (κ2) is 9.07. The molecule has 0 saturated heterocycles. The summed E-state index contributed by atoms with van der Waals surface area (Å²) >= 11 is 0. The van der Waals surface area contributed by atoms with Crippen molar-refractivity contribution in [3.63, 3.8) is 0 Å². The minimum atomic E-state index is -0.543. The van der Waals surface area contributed by atoms with Gasteiger partial charge in [-0.25, -0.2) is 0 Å². The van der Waals surface area contributed by atoms with Gasteiger partial charge in [0.25, 0.3) is 0 Å². The SMILES string of the molecule is COc1cc(CN(C[C@H](O)COCc2ccco2)C2CC2)cc(OC)c1. The molecule has 3 rings (SSSR count). The minimum Gasteiger partial charge on any atom is -0.497 e. The molecule has 0 amide bonds. The van der Waals surface area contributed by atoms with Crippen molar-refractivity contribution in [2.75, 3.05) is 27.4 Å². The molecular formula is C20H27NO5. The smallest absolute Gasteiger partial charge is 0.129 e. The van der Waals surface area contributed by atoms with Crippen LogP contribution in [0.3, 0.4) is 0 Å². The number of hydrogen-bond acceptors (Lipinski definition) is 6. The van der Waals surface area contributed by atoms with Gasteiger partial charge < -0.3 is 23.7 Å². The molecule has 0 bridgehead atoms. The van der Waals surface area contributed by atoms with Crippen LogP contribution in [0.25, 0.3) is 0 Å². The number of nitrogens with zero attached hydrogens (tertiary/aromatic N) is 1. The van der Waals surface area contributed by atoms with E-state index < -0.39 is 6.10 Å². The molecule has 1 N–H and O–H groups in total. The fourth-order valence-electron chi connectivity index (χ4n) is 2.99. The molecule has 142 valence electrons. The zero-order valence-corrected chi connectivity index (χ0v) is 15.4. The highest BCUT2D eigenvalue weighted by atomic mass is 16.5. The van der Waals surface area contributed by atoms with Gasteiger partial charge in [-0.1, -0.05) is 0 Å². The maximum absolute atomic E-state index is 10.4.